The second-order valence-corrected chi connectivity index (χ2v) is 7.78. The number of hydrogen-bond acceptors (Lipinski definition) is 4. The first-order valence-corrected chi connectivity index (χ1v) is 10.9. The largest absolute Gasteiger partial charge is 0.326 e. The lowest BCUT2D eigenvalue weighted by atomic mass is 10.2. The predicted molar refractivity (Wildman–Crippen MR) is 132 cm³/mol. The number of aromatic nitrogens is 2. The van der Waals surface area contributed by atoms with Crippen molar-refractivity contribution >= 4 is 29.1 Å². The van der Waals surface area contributed by atoms with Crippen LogP contribution in [0.3, 0.4) is 0 Å². The van der Waals surface area contributed by atoms with Crippen LogP contribution in [0.5, 0.6) is 0 Å². The van der Waals surface area contributed by atoms with E-state index in [4.69, 9.17) is 0 Å². The van der Waals surface area contributed by atoms with Gasteiger partial charge in [0.1, 0.15) is 0 Å². The third-order valence-corrected chi connectivity index (χ3v) is 5.32. The molecule has 0 atom stereocenters. The maximum Gasteiger partial charge on any atom is 0.257 e. The molecule has 8 heteroatoms. The topological polar surface area (TPSA) is 100 Å². The molecule has 0 bridgehead atoms. The van der Waals surface area contributed by atoms with Gasteiger partial charge < -0.3 is 10.6 Å². The number of guanidine groups is 1. The molecule has 0 unspecified atom stereocenters. The molecule has 3 N–H and O–H groups in total. The molecule has 0 aliphatic heterocycles. The second-order valence-electron chi connectivity index (χ2n) is 7.78. The molecular formula is C25H30N6O2. The minimum absolute atomic E-state index is 0.166. The fourth-order valence-corrected chi connectivity index (χ4v) is 3.47. The number of carbonyl (C=O) groups is 2. The summed E-state index contributed by atoms with van der Waals surface area (Å²) in [5.74, 6) is -0.119. The van der Waals surface area contributed by atoms with Gasteiger partial charge in [-0.05, 0) is 63.6 Å². The molecule has 0 fully saturated rings. The number of aliphatic imine (C=N–C) groups is 1. The van der Waals surface area contributed by atoms with Crippen LogP contribution in [0.15, 0.2) is 53.5 Å². The summed E-state index contributed by atoms with van der Waals surface area (Å²) in [5, 5.41) is 13.4. The van der Waals surface area contributed by atoms with Gasteiger partial charge in [-0.15, -0.1) is 0 Å². The first-order chi connectivity index (χ1) is 15.8. The molecule has 3 aromatic rings. The summed E-state index contributed by atoms with van der Waals surface area (Å²) < 4.78 is 1.95. The van der Waals surface area contributed by atoms with Crippen molar-refractivity contribution < 1.29 is 9.59 Å². The van der Waals surface area contributed by atoms with Gasteiger partial charge >= 0.3 is 0 Å². The van der Waals surface area contributed by atoms with E-state index in [1.165, 1.54) is 6.92 Å². The smallest absolute Gasteiger partial charge is 0.257 e. The molecule has 3 rings (SSSR count). The lowest BCUT2D eigenvalue weighted by Crippen LogP contribution is -2.36. The highest BCUT2D eigenvalue weighted by Crippen LogP contribution is 2.16. The molecular weight excluding hydrogens is 416 g/mol. The van der Waals surface area contributed by atoms with E-state index in [1.807, 2.05) is 49.7 Å². The van der Waals surface area contributed by atoms with Crippen LogP contribution in [0.2, 0.25) is 0 Å². The number of amides is 2. The summed E-state index contributed by atoms with van der Waals surface area (Å²) in [5.41, 5.74) is 6.00. The normalized spacial score (nSPS) is 11.2. The van der Waals surface area contributed by atoms with Crippen LogP contribution >= 0.6 is 0 Å². The average molecular weight is 447 g/mol. The van der Waals surface area contributed by atoms with Crippen LogP contribution < -0.4 is 16.0 Å². The molecule has 172 valence electrons. The van der Waals surface area contributed by atoms with Crippen LogP contribution in [-0.4, -0.2) is 27.6 Å². The molecule has 2 amide bonds. The first-order valence-electron chi connectivity index (χ1n) is 10.9. The Bertz CT molecular complexity index is 1180. The lowest BCUT2D eigenvalue weighted by Gasteiger charge is -2.14. The lowest BCUT2D eigenvalue weighted by molar-refractivity contribution is -0.114. The van der Waals surface area contributed by atoms with Gasteiger partial charge in [0.15, 0.2) is 0 Å². The second kappa shape index (κ2) is 10.6. The van der Waals surface area contributed by atoms with E-state index in [1.54, 1.807) is 24.3 Å². The van der Waals surface area contributed by atoms with Crippen molar-refractivity contribution in [1.29, 1.82) is 0 Å². The highest BCUT2D eigenvalue weighted by Gasteiger charge is 2.13. The molecule has 2 aromatic carbocycles. The fraction of sp³-hybridized carbons (Fsp3) is 0.280. The molecule has 0 aliphatic carbocycles. The van der Waals surface area contributed by atoms with Gasteiger partial charge in [0.05, 0.1) is 12.2 Å². The molecule has 0 radical (unpaired) electrons. The highest BCUT2D eigenvalue weighted by molar-refractivity contribution is 6.10. The number of hydrogen-bond donors (Lipinski definition) is 3. The Morgan fingerprint density at radius 2 is 1.70 bits per heavy atom. The van der Waals surface area contributed by atoms with Crippen LogP contribution in [0.25, 0.3) is 0 Å². The van der Waals surface area contributed by atoms with Crippen molar-refractivity contribution in [2.45, 2.75) is 47.7 Å². The fourth-order valence-electron chi connectivity index (χ4n) is 3.47. The zero-order chi connectivity index (χ0) is 24.0. The number of para-hydroxylation sites is 1. The maximum atomic E-state index is 12.9. The summed E-state index contributed by atoms with van der Waals surface area (Å²) in [6, 6.07) is 14.5. The summed E-state index contributed by atoms with van der Waals surface area (Å²) >= 11 is 0. The number of aryl methyl sites for hydroxylation is 3. The molecule has 0 saturated heterocycles. The maximum absolute atomic E-state index is 12.9. The van der Waals surface area contributed by atoms with Gasteiger partial charge in [-0.25, -0.2) is 4.99 Å². The Balaban J connectivity index is 1.84. The minimum Gasteiger partial charge on any atom is -0.326 e. The van der Waals surface area contributed by atoms with Crippen molar-refractivity contribution in [2.75, 3.05) is 10.6 Å². The van der Waals surface area contributed by atoms with Crippen LogP contribution in [-0.2, 0) is 17.9 Å². The van der Waals surface area contributed by atoms with Gasteiger partial charge in [0.2, 0.25) is 11.9 Å². The molecule has 0 aliphatic rings. The Morgan fingerprint density at radius 1 is 1.00 bits per heavy atom. The number of benzene rings is 2. The predicted octanol–water partition coefficient (Wildman–Crippen LogP) is 4.18. The van der Waals surface area contributed by atoms with E-state index in [9.17, 15) is 9.59 Å². The summed E-state index contributed by atoms with van der Waals surface area (Å²) in [4.78, 5) is 28.8. The first kappa shape index (κ1) is 23.7. The number of nitrogens with one attached hydrogen (secondary N) is 3. The van der Waals surface area contributed by atoms with E-state index in [0.717, 1.165) is 34.7 Å². The number of carbonyl (C=O) groups excluding carboxylic acids is 2. The van der Waals surface area contributed by atoms with E-state index < -0.39 is 0 Å². The highest BCUT2D eigenvalue weighted by atomic mass is 16.2. The third kappa shape index (κ3) is 6.06. The molecule has 1 aromatic heterocycles. The van der Waals surface area contributed by atoms with E-state index in [2.05, 4.69) is 33.0 Å². The summed E-state index contributed by atoms with van der Waals surface area (Å²) in [6.45, 7) is 10.6. The quantitative estimate of drug-likeness (QED) is 0.390. The Morgan fingerprint density at radius 3 is 2.30 bits per heavy atom. The minimum atomic E-state index is -0.304. The SMILES string of the molecule is CCn1nc(C)c(CN=C(NC(=O)c2ccc(NC(C)=O)cc2)Nc2ccccc2C)c1C. The van der Waals surface area contributed by atoms with E-state index in [-0.39, 0.29) is 11.8 Å². The van der Waals surface area contributed by atoms with Crippen molar-refractivity contribution in [2.24, 2.45) is 4.99 Å². The van der Waals surface area contributed by atoms with Gasteiger partial charge in [-0.2, -0.15) is 5.10 Å². The Labute approximate surface area is 194 Å². The molecule has 8 nitrogen and oxygen atoms in total. The zero-order valence-electron chi connectivity index (χ0n) is 19.7. The number of anilines is 2. The van der Waals surface area contributed by atoms with Gasteiger partial charge in [-0.1, -0.05) is 18.2 Å². The van der Waals surface area contributed by atoms with Crippen LogP contribution in [0, 0.1) is 20.8 Å². The average Bonchev–Trinajstić information content (AvgIpc) is 3.06. The summed E-state index contributed by atoms with van der Waals surface area (Å²) in [6.07, 6.45) is 0. The Kier molecular flexibility index (Phi) is 7.61. The van der Waals surface area contributed by atoms with E-state index >= 15 is 0 Å². The molecule has 0 saturated carbocycles. The van der Waals surface area contributed by atoms with Crippen LogP contribution in [0.4, 0.5) is 11.4 Å². The summed E-state index contributed by atoms with van der Waals surface area (Å²) in [7, 11) is 0. The van der Waals surface area contributed by atoms with E-state index in [0.29, 0.717) is 23.8 Å². The van der Waals surface area contributed by atoms with Crippen molar-refractivity contribution in [1.82, 2.24) is 15.1 Å². The van der Waals surface area contributed by atoms with Crippen molar-refractivity contribution in [3.05, 3.63) is 76.6 Å². The Hall–Kier alpha value is -3.94. The number of rotatable bonds is 6. The van der Waals surface area contributed by atoms with Crippen molar-refractivity contribution in [3.63, 3.8) is 0 Å². The molecule has 1 heterocycles. The molecule has 0 spiro atoms. The van der Waals surface area contributed by atoms with Crippen molar-refractivity contribution in [3.8, 4) is 0 Å². The monoisotopic (exact) mass is 446 g/mol. The third-order valence-electron chi connectivity index (χ3n) is 5.32. The number of nitrogens with zero attached hydrogens (tertiary/aromatic N) is 3. The van der Waals surface area contributed by atoms with Crippen LogP contribution in [0.1, 0.15) is 46.7 Å². The zero-order valence-corrected chi connectivity index (χ0v) is 19.7. The standard InChI is InChI=1S/C25H30N6O2/c1-6-31-18(4)22(17(3)30-31)15-26-25(28-23-10-8-7-9-16(23)2)29-24(33)20-11-13-21(14-12-20)27-19(5)32/h7-14H,6,15H2,1-5H3,(H,27,32)(H2,26,28,29,33). The van der Waals surface area contributed by atoms with Gasteiger partial charge in [-0.3, -0.25) is 19.6 Å². The van der Waals surface area contributed by atoms with Gasteiger partial charge in [0.25, 0.3) is 5.91 Å². The molecule has 33 heavy (non-hydrogen) atoms. The van der Waals surface area contributed by atoms with Gasteiger partial charge in [0, 0.05) is 41.7 Å².